The van der Waals surface area contributed by atoms with Crippen molar-refractivity contribution in [2.24, 2.45) is 0 Å². The van der Waals surface area contributed by atoms with Gasteiger partial charge in [0.25, 0.3) is 0 Å². The second kappa shape index (κ2) is 2.73. The zero-order valence-corrected chi connectivity index (χ0v) is 7.30. The van der Waals surface area contributed by atoms with Gasteiger partial charge in [-0.3, -0.25) is 4.98 Å². The number of nitrogens with two attached hydrogens (primary N) is 1. The minimum Gasteiger partial charge on any atom is -0.382 e. The fourth-order valence-corrected chi connectivity index (χ4v) is 1.60. The molecular weight excluding hydrogens is 150 g/mol. The van der Waals surface area contributed by atoms with Crippen LogP contribution in [-0.4, -0.2) is 9.97 Å². The number of nitrogens with zero attached hydrogens (tertiary/aromatic N) is 2. The maximum Gasteiger partial charge on any atom is 0.145 e. The molecule has 1 aliphatic carbocycles. The molecule has 0 spiro atoms. The molecule has 1 heterocycles. The second-order valence-electron chi connectivity index (χ2n) is 3.29. The minimum absolute atomic E-state index is 0.593. The van der Waals surface area contributed by atoms with Gasteiger partial charge in [0.1, 0.15) is 5.82 Å². The lowest BCUT2D eigenvalue weighted by atomic mass is 10.0. The Kier molecular flexibility index (Phi) is 1.71. The molecule has 2 N–H and O–H groups in total. The molecule has 12 heavy (non-hydrogen) atoms. The van der Waals surface area contributed by atoms with Crippen LogP contribution in [0.2, 0.25) is 0 Å². The molecular formula is C9H13N3. The Morgan fingerprint density at radius 3 is 2.33 bits per heavy atom. The molecule has 0 radical (unpaired) electrons. The number of rotatable bonds is 0. The Hall–Kier alpha value is -1.12. The lowest BCUT2D eigenvalue weighted by Crippen LogP contribution is -2.11. The van der Waals surface area contributed by atoms with Crippen LogP contribution >= 0.6 is 0 Å². The smallest absolute Gasteiger partial charge is 0.145 e. The molecule has 64 valence electrons. The molecule has 1 aromatic rings. The molecule has 0 saturated carbocycles. The second-order valence-corrected chi connectivity index (χ2v) is 3.29. The summed E-state index contributed by atoms with van der Waals surface area (Å²) in [4.78, 5) is 8.75. The molecule has 0 fully saturated rings. The Bertz CT molecular complexity index is 276. The van der Waals surface area contributed by atoms with Crippen molar-refractivity contribution in [1.29, 1.82) is 0 Å². The van der Waals surface area contributed by atoms with Crippen molar-refractivity contribution in [2.45, 2.75) is 32.6 Å². The van der Waals surface area contributed by atoms with Crippen molar-refractivity contribution in [2.75, 3.05) is 5.73 Å². The highest BCUT2D eigenvalue weighted by Gasteiger charge is 2.13. The highest BCUT2D eigenvalue weighted by atomic mass is 14.9. The maximum atomic E-state index is 5.67. The summed E-state index contributed by atoms with van der Waals surface area (Å²) in [5, 5.41) is 0. The van der Waals surface area contributed by atoms with Gasteiger partial charge < -0.3 is 5.73 Å². The summed E-state index contributed by atoms with van der Waals surface area (Å²) in [5.41, 5.74) is 8.82. The average Bonchev–Trinajstić information content (AvgIpc) is 2.07. The number of aromatic nitrogens is 2. The molecule has 0 bridgehead atoms. The van der Waals surface area contributed by atoms with E-state index < -0.39 is 0 Å². The summed E-state index contributed by atoms with van der Waals surface area (Å²) in [6, 6.07) is 0. The van der Waals surface area contributed by atoms with E-state index in [1.54, 1.807) is 0 Å². The lowest BCUT2D eigenvalue weighted by Gasteiger charge is -2.14. The standard InChI is InChI=1S/C9H13N3/c1-6-9(10)12-8-5-3-2-4-7(8)11-6/h2-5H2,1H3,(H2,10,12). The van der Waals surface area contributed by atoms with E-state index >= 15 is 0 Å². The van der Waals surface area contributed by atoms with Crippen molar-refractivity contribution in [3.05, 3.63) is 17.1 Å². The molecule has 2 rings (SSSR count). The lowest BCUT2D eigenvalue weighted by molar-refractivity contribution is 0.647. The van der Waals surface area contributed by atoms with Crippen molar-refractivity contribution in [3.8, 4) is 0 Å². The van der Waals surface area contributed by atoms with Gasteiger partial charge in [0, 0.05) is 0 Å². The zero-order valence-electron chi connectivity index (χ0n) is 7.30. The Balaban J connectivity index is 2.49. The summed E-state index contributed by atoms with van der Waals surface area (Å²) in [6.45, 7) is 1.91. The molecule has 0 atom stereocenters. The van der Waals surface area contributed by atoms with E-state index in [9.17, 15) is 0 Å². The van der Waals surface area contributed by atoms with Crippen LogP contribution < -0.4 is 5.73 Å². The molecule has 1 aromatic heterocycles. The van der Waals surface area contributed by atoms with Crippen molar-refractivity contribution >= 4 is 5.82 Å². The van der Waals surface area contributed by atoms with Crippen LogP contribution in [0.3, 0.4) is 0 Å². The van der Waals surface area contributed by atoms with Crippen LogP contribution in [0.1, 0.15) is 29.9 Å². The Morgan fingerprint density at radius 2 is 1.67 bits per heavy atom. The van der Waals surface area contributed by atoms with Crippen LogP contribution in [0, 0.1) is 6.92 Å². The van der Waals surface area contributed by atoms with E-state index in [0.717, 1.165) is 29.9 Å². The van der Waals surface area contributed by atoms with Gasteiger partial charge in [-0.25, -0.2) is 4.98 Å². The van der Waals surface area contributed by atoms with Gasteiger partial charge in [-0.15, -0.1) is 0 Å². The van der Waals surface area contributed by atoms with Crippen LogP contribution in [0.4, 0.5) is 5.82 Å². The molecule has 3 nitrogen and oxygen atoms in total. The quantitative estimate of drug-likeness (QED) is 0.626. The SMILES string of the molecule is Cc1nc2c(nc1N)CCCC2. The molecule has 0 unspecified atom stereocenters. The molecule has 0 amide bonds. The third kappa shape index (κ3) is 1.15. The molecule has 0 aliphatic heterocycles. The number of anilines is 1. The largest absolute Gasteiger partial charge is 0.382 e. The molecule has 3 heteroatoms. The van der Waals surface area contributed by atoms with E-state index in [1.165, 1.54) is 12.8 Å². The first kappa shape index (κ1) is 7.53. The summed E-state index contributed by atoms with van der Waals surface area (Å²) in [7, 11) is 0. The van der Waals surface area contributed by atoms with E-state index in [-0.39, 0.29) is 0 Å². The fourth-order valence-electron chi connectivity index (χ4n) is 1.60. The number of aryl methyl sites for hydroxylation is 3. The third-order valence-electron chi connectivity index (χ3n) is 2.34. The first-order valence-electron chi connectivity index (χ1n) is 4.39. The topological polar surface area (TPSA) is 51.8 Å². The fraction of sp³-hybridized carbons (Fsp3) is 0.556. The maximum absolute atomic E-state index is 5.67. The number of nitrogen functional groups attached to an aromatic ring is 1. The van der Waals surface area contributed by atoms with Crippen LogP contribution in [0.15, 0.2) is 0 Å². The van der Waals surface area contributed by atoms with Gasteiger partial charge in [0.2, 0.25) is 0 Å². The molecule has 1 aliphatic rings. The van der Waals surface area contributed by atoms with Crippen LogP contribution in [0.25, 0.3) is 0 Å². The van der Waals surface area contributed by atoms with Crippen LogP contribution in [0.5, 0.6) is 0 Å². The highest BCUT2D eigenvalue weighted by molar-refractivity contribution is 5.36. The highest BCUT2D eigenvalue weighted by Crippen LogP contribution is 2.19. The van der Waals surface area contributed by atoms with Gasteiger partial charge >= 0.3 is 0 Å². The van der Waals surface area contributed by atoms with Crippen molar-refractivity contribution in [3.63, 3.8) is 0 Å². The van der Waals surface area contributed by atoms with E-state index in [4.69, 9.17) is 5.73 Å². The number of hydrogen-bond donors (Lipinski definition) is 1. The number of fused-ring (bicyclic) bond motifs is 1. The van der Waals surface area contributed by atoms with E-state index in [2.05, 4.69) is 9.97 Å². The van der Waals surface area contributed by atoms with Gasteiger partial charge in [0.15, 0.2) is 0 Å². The number of hydrogen-bond acceptors (Lipinski definition) is 3. The Morgan fingerprint density at radius 1 is 1.08 bits per heavy atom. The predicted molar refractivity (Wildman–Crippen MR) is 47.8 cm³/mol. The molecule has 0 aromatic carbocycles. The predicted octanol–water partition coefficient (Wildman–Crippen LogP) is 1.25. The van der Waals surface area contributed by atoms with E-state index in [0.29, 0.717) is 5.82 Å². The summed E-state index contributed by atoms with van der Waals surface area (Å²) >= 11 is 0. The summed E-state index contributed by atoms with van der Waals surface area (Å²) in [6.07, 6.45) is 4.59. The van der Waals surface area contributed by atoms with Gasteiger partial charge in [-0.05, 0) is 32.6 Å². The van der Waals surface area contributed by atoms with Gasteiger partial charge in [-0.1, -0.05) is 0 Å². The normalized spacial score (nSPS) is 15.8. The third-order valence-corrected chi connectivity index (χ3v) is 2.34. The monoisotopic (exact) mass is 163 g/mol. The van der Waals surface area contributed by atoms with Gasteiger partial charge in [0.05, 0.1) is 17.1 Å². The average molecular weight is 163 g/mol. The molecule has 0 saturated heterocycles. The minimum atomic E-state index is 0.593. The first-order chi connectivity index (χ1) is 5.77. The Labute approximate surface area is 72.0 Å². The summed E-state index contributed by atoms with van der Waals surface area (Å²) < 4.78 is 0. The van der Waals surface area contributed by atoms with Crippen molar-refractivity contribution in [1.82, 2.24) is 9.97 Å². The van der Waals surface area contributed by atoms with E-state index in [1.807, 2.05) is 6.92 Å². The first-order valence-corrected chi connectivity index (χ1v) is 4.39. The van der Waals surface area contributed by atoms with Crippen LogP contribution in [-0.2, 0) is 12.8 Å². The van der Waals surface area contributed by atoms with Crippen molar-refractivity contribution < 1.29 is 0 Å². The summed E-state index contributed by atoms with van der Waals surface area (Å²) in [5.74, 6) is 0.593. The van der Waals surface area contributed by atoms with Gasteiger partial charge in [-0.2, -0.15) is 0 Å². The zero-order chi connectivity index (χ0) is 8.55.